The summed E-state index contributed by atoms with van der Waals surface area (Å²) in [6, 6.07) is 5.55. The van der Waals surface area contributed by atoms with Crippen LogP contribution in [0, 0.1) is 30.0 Å². The minimum Gasteiger partial charge on any atom is -0.442 e. The third-order valence-corrected chi connectivity index (χ3v) is 8.01. The van der Waals surface area contributed by atoms with Crippen molar-refractivity contribution in [3.8, 4) is 11.1 Å². The van der Waals surface area contributed by atoms with Gasteiger partial charge in [0.2, 0.25) is 0 Å². The molecule has 1 aliphatic carbocycles. The number of nitrogens with zero attached hydrogens (tertiary/aromatic N) is 6. The summed E-state index contributed by atoms with van der Waals surface area (Å²) in [6.07, 6.45) is 3.37. The molecule has 34 heavy (non-hydrogen) atoms. The predicted octanol–water partition coefficient (Wildman–Crippen LogP) is 3.75. The summed E-state index contributed by atoms with van der Waals surface area (Å²) < 4.78 is 36.9. The number of carbonyl (C=O) groups excluding carboxylic acids is 1. The summed E-state index contributed by atoms with van der Waals surface area (Å²) >= 11 is 1.85. The van der Waals surface area contributed by atoms with E-state index in [1.54, 1.807) is 18.3 Å². The van der Waals surface area contributed by atoms with Gasteiger partial charge in [0.05, 0.1) is 42.4 Å². The highest BCUT2D eigenvalue weighted by molar-refractivity contribution is 7.99. The van der Waals surface area contributed by atoms with Gasteiger partial charge in [-0.05, 0) is 18.2 Å². The van der Waals surface area contributed by atoms with Gasteiger partial charge in [0, 0.05) is 29.5 Å². The molecule has 1 amide bonds. The first-order valence-electron chi connectivity index (χ1n) is 10.8. The van der Waals surface area contributed by atoms with Gasteiger partial charge in [-0.25, -0.2) is 24.8 Å². The molecule has 3 aromatic rings. The number of pyridine rings is 1. The Labute approximate surface area is 197 Å². The number of ether oxygens (including phenoxy) is 1. The Morgan fingerprint density at radius 3 is 2.62 bits per heavy atom. The van der Waals surface area contributed by atoms with Gasteiger partial charge >= 0.3 is 6.09 Å². The van der Waals surface area contributed by atoms with E-state index in [1.807, 2.05) is 11.8 Å². The molecule has 1 aromatic carbocycles. The normalized spacial score (nSPS) is 27.4. The fourth-order valence-electron chi connectivity index (χ4n) is 5.07. The summed E-state index contributed by atoms with van der Waals surface area (Å²) in [6.45, 7) is 8.10. The Kier molecular flexibility index (Phi) is 4.81. The molecule has 2 aliphatic heterocycles. The number of halogens is 2. The number of fused-ring (bicyclic) bond motifs is 1. The topological polar surface area (TPSA) is 77.5 Å². The van der Waals surface area contributed by atoms with Gasteiger partial charge in [-0.3, -0.25) is 9.88 Å². The molecule has 0 bridgehead atoms. The third-order valence-electron chi connectivity index (χ3n) is 6.82. The van der Waals surface area contributed by atoms with Crippen LogP contribution in [0.4, 0.5) is 19.3 Å². The van der Waals surface area contributed by atoms with E-state index in [0.29, 0.717) is 17.5 Å². The fourth-order valence-corrected chi connectivity index (χ4v) is 6.69. The van der Waals surface area contributed by atoms with Gasteiger partial charge in [0.25, 0.3) is 5.54 Å². The van der Waals surface area contributed by atoms with Gasteiger partial charge in [-0.15, -0.1) is 5.10 Å². The largest absolute Gasteiger partial charge is 0.442 e. The maximum atomic E-state index is 15.1. The minimum atomic E-state index is -0.809. The first kappa shape index (κ1) is 21.0. The van der Waals surface area contributed by atoms with E-state index >= 15 is 8.78 Å². The van der Waals surface area contributed by atoms with Gasteiger partial charge in [0.1, 0.15) is 23.4 Å². The average Bonchev–Trinajstić information content (AvgIpc) is 3.34. The molecule has 172 valence electrons. The standard InChI is InChI=1S/C23H18F2N6O2S/c1-26-23(16-11-34-12-17(16)23)20-3-2-13(8-27-20)21-18(24)6-14(7-19(21)25)31-10-15(33-22(31)32)9-30-5-4-28-29-30/h2-8,15-17H,9-12H2/t15-,16-,17+,23?/m0/s1. The number of benzene rings is 1. The highest BCUT2D eigenvalue weighted by Crippen LogP contribution is 2.66. The second-order valence-electron chi connectivity index (χ2n) is 8.65. The Morgan fingerprint density at radius 2 is 2.00 bits per heavy atom. The molecule has 0 spiro atoms. The molecule has 11 heteroatoms. The van der Waals surface area contributed by atoms with Gasteiger partial charge in [-0.2, -0.15) is 11.8 Å². The Balaban J connectivity index is 1.24. The monoisotopic (exact) mass is 480 g/mol. The van der Waals surface area contributed by atoms with E-state index in [1.165, 1.54) is 22.0 Å². The van der Waals surface area contributed by atoms with Gasteiger partial charge < -0.3 is 9.58 Å². The van der Waals surface area contributed by atoms with E-state index in [-0.39, 0.29) is 29.9 Å². The number of carbonyl (C=O) groups is 1. The molecule has 8 nitrogen and oxygen atoms in total. The van der Waals surface area contributed by atoms with E-state index in [0.717, 1.165) is 23.6 Å². The van der Waals surface area contributed by atoms with E-state index in [9.17, 15) is 4.79 Å². The van der Waals surface area contributed by atoms with Crippen LogP contribution in [-0.2, 0) is 16.8 Å². The number of rotatable bonds is 5. The number of hydrogen-bond acceptors (Lipinski definition) is 6. The van der Waals surface area contributed by atoms with Crippen molar-refractivity contribution in [3.63, 3.8) is 0 Å². The zero-order valence-corrected chi connectivity index (χ0v) is 18.6. The highest BCUT2D eigenvalue weighted by Gasteiger charge is 2.76. The first-order valence-corrected chi connectivity index (χ1v) is 11.9. The van der Waals surface area contributed by atoms with Crippen molar-refractivity contribution in [1.82, 2.24) is 20.0 Å². The molecular formula is C23H18F2N6O2S. The Hall–Kier alpha value is -3.52. The zero-order valence-electron chi connectivity index (χ0n) is 17.8. The lowest BCUT2D eigenvalue weighted by molar-refractivity contribution is 0.129. The number of aromatic nitrogens is 4. The molecule has 4 heterocycles. The fraction of sp³-hybridized carbons (Fsp3) is 0.348. The van der Waals surface area contributed by atoms with Crippen molar-refractivity contribution < 1.29 is 18.3 Å². The van der Waals surface area contributed by atoms with Crippen LogP contribution in [0.1, 0.15) is 5.69 Å². The van der Waals surface area contributed by atoms with E-state index in [4.69, 9.17) is 11.3 Å². The lowest BCUT2D eigenvalue weighted by Crippen LogP contribution is -2.26. The zero-order chi connectivity index (χ0) is 23.4. The van der Waals surface area contributed by atoms with E-state index < -0.39 is 29.4 Å². The van der Waals surface area contributed by atoms with Crippen LogP contribution in [0.3, 0.4) is 0 Å². The van der Waals surface area contributed by atoms with Crippen LogP contribution in [0.5, 0.6) is 0 Å². The molecule has 6 rings (SSSR count). The molecule has 3 fully saturated rings. The van der Waals surface area contributed by atoms with Crippen molar-refractivity contribution in [2.24, 2.45) is 11.8 Å². The summed E-state index contributed by atoms with van der Waals surface area (Å²) in [4.78, 5) is 21.8. The second kappa shape index (κ2) is 7.77. The van der Waals surface area contributed by atoms with Crippen LogP contribution in [0.25, 0.3) is 16.0 Å². The number of cyclic esters (lactones) is 1. The molecule has 4 atom stereocenters. The quantitative estimate of drug-likeness (QED) is 0.518. The van der Waals surface area contributed by atoms with Crippen molar-refractivity contribution in [2.75, 3.05) is 23.0 Å². The highest BCUT2D eigenvalue weighted by atomic mass is 32.2. The number of amides is 1. The van der Waals surface area contributed by atoms with Crippen LogP contribution in [-0.4, -0.2) is 50.2 Å². The van der Waals surface area contributed by atoms with Gasteiger partial charge in [-0.1, -0.05) is 11.3 Å². The van der Waals surface area contributed by atoms with Crippen LogP contribution < -0.4 is 4.90 Å². The maximum Gasteiger partial charge on any atom is 0.414 e. The molecule has 2 saturated heterocycles. The lowest BCUT2D eigenvalue weighted by Gasteiger charge is -2.15. The Morgan fingerprint density at radius 1 is 1.24 bits per heavy atom. The van der Waals surface area contributed by atoms with Crippen molar-refractivity contribution >= 4 is 23.5 Å². The third kappa shape index (κ3) is 3.16. The average molecular weight is 481 g/mol. The van der Waals surface area contributed by atoms with Crippen LogP contribution >= 0.6 is 11.8 Å². The molecule has 1 saturated carbocycles. The molecule has 0 N–H and O–H groups in total. The first-order chi connectivity index (χ1) is 16.5. The predicted molar refractivity (Wildman–Crippen MR) is 120 cm³/mol. The number of anilines is 1. The van der Waals surface area contributed by atoms with Gasteiger partial charge in [0.15, 0.2) is 0 Å². The SMILES string of the molecule is [C-]#[N+]C1(c2ccc(-c3c(F)cc(N4C[C@H](Cn5ccnn5)OC4=O)cc3F)cn2)[C@@H]2CSC[C@@H]21. The van der Waals surface area contributed by atoms with Crippen LogP contribution in [0.15, 0.2) is 42.9 Å². The molecule has 3 aliphatic rings. The lowest BCUT2D eigenvalue weighted by atomic mass is 10.0. The van der Waals surface area contributed by atoms with Crippen molar-refractivity contribution in [2.45, 2.75) is 18.2 Å². The summed E-state index contributed by atoms with van der Waals surface area (Å²) in [5.74, 6) is 0.873. The second-order valence-corrected chi connectivity index (χ2v) is 9.72. The number of hydrogen-bond donors (Lipinski definition) is 0. The Bertz CT molecular complexity index is 1280. The molecule has 1 unspecified atom stereocenters. The number of thioether (sulfide) groups is 1. The minimum absolute atomic E-state index is 0.0738. The molecule has 2 aromatic heterocycles. The smallest absolute Gasteiger partial charge is 0.414 e. The maximum absolute atomic E-state index is 15.1. The van der Waals surface area contributed by atoms with E-state index in [2.05, 4.69) is 20.1 Å². The molecule has 0 radical (unpaired) electrons. The van der Waals surface area contributed by atoms with Crippen molar-refractivity contribution in [1.29, 1.82) is 0 Å². The molecular weight excluding hydrogens is 462 g/mol. The summed E-state index contributed by atoms with van der Waals surface area (Å²) in [5.41, 5.74) is 0.197. The summed E-state index contributed by atoms with van der Waals surface area (Å²) in [7, 11) is 0. The van der Waals surface area contributed by atoms with Crippen molar-refractivity contribution in [3.05, 3.63) is 71.6 Å². The van der Waals surface area contributed by atoms with Crippen LogP contribution in [0.2, 0.25) is 0 Å². The summed E-state index contributed by atoms with van der Waals surface area (Å²) in [5, 5.41) is 7.54.